The highest BCUT2D eigenvalue weighted by Gasteiger charge is 2.52. The lowest BCUT2D eigenvalue weighted by molar-refractivity contribution is -0.273. The molecule has 0 amide bonds. The molecular weight excluding hydrogens is 162 g/mol. The van der Waals surface area contributed by atoms with Crippen LogP contribution in [0.5, 0.6) is 0 Å². The highest BCUT2D eigenvalue weighted by atomic mass is 19.4. The van der Waals surface area contributed by atoms with Gasteiger partial charge in [0.15, 0.2) is 0 Å². The largest absolute Gasteiger partial charge is 0.452 e. The average molecular weight is 165 g/mol. The second-order valence-corrected chi connectivity index (χ2v) is 1.39. The highest BCUT2D eigenvalue weighted by molar-refractivity contribution is 4.67. The van der Waals surface area contributed by atoms with Crippen LogP contribution in [0.4, 0.5) is 26.3 Å². The van der Waals surface area contributed by atoms with Crippen molar-refractivity contribution in [2.45, 2.75) is 19.0 Å². The van der Waals surface area contributed by atoms with Gasteiger partial charge in [-0.3, -0.25) is 0 Å². The van der Waals surface area contributed by atoms with Crippen molar-refractivity contribution < 1.29 is 26.3 Å². The van der Waals surface area contributed by atoms with E-state index in [2.05, 4.69) is 7.18 Å². The second-order valence-electron chi connectivity index (χ2n) is 1.39. The summed E-state index contributed by atoms with van der Waals surface area (Å²) in [6, 6.07) is 0. The van der Waals surface area contributed by atoms with Gasteiger partial charge in [0.05, 0.1) is 0 Å². The summed E-state index contributed by atoms with van der Waals surface area (Å²) in [5.41, 5.74) is 0. The molecule has 0 aliphatic rings. The smallest absolute Gasteiger partial charge is 0.232 e. The predicted molar refractivity (Wildman–Crippen MR) is 21.0 cm³/mol. The number of rotatable bonds is 0. The van der Waals surface area contributed by atoms with E-state index in [4.69, 9.17) is 4.39 Å². The van der Waals surface area contributed by atoms with Crippen LogP contribution in [0.3, 0.4) is 0 Å². The van der Waals surface area contributed by atoms with Gasteiger partial charge >= 0.3 is 12.1 Å². The molecule has 0 heterocycles. The third kappa shape index (κ3) is 4.46. The quantitative estimate of drug-likeness (QED) is 0.484. The first-order chi connectivity index (χ1) is 4.25. The molecule has 0 spiro atoms. The Kier molecular flexibility index (Phi) is 4.51. The van der Waals surface area contributed by atoms with Gasteiger partial charge in [-0.1, -0.05) is 0 Å². The lowest BCUT2D eigenvalue weighted by Gasteiger charge is -2.12. The van der Waals surface area contributed by atoms with E-state index in [1.54, 1.807) is 0 Å². The van der Waals surface area contributed by atoms with Gasteiger partial charge in [-0.2, -0.15) is 22.0 Å². The van der Waals surface area contributed by atoms with Crippen LogP contribution in [0, 0.1) is 7.18 Å². The zero-order chi connectivity index (χ0) is 9.00. The van der Waals surface area contributed by atoms with E-state index < -0.39 is 12.1 Å². The summed E-state index contributed by atoms with van der Waals surface area (Å²) in [6.07, 6.45) is -5.40. The first-order valence-corrected chi connectivity index (χ1v) is 1.88. The van der Waals surface area contributed by atoms with Gasteiger partial charge in [-0.05, 0) is 0 Å². The fraction of sp³-hybridized carbons (Fsp3) is 0.750. The zero-order valence-electron chi connectivity index (χ0n) is 4.77. The number of halogens is 6. The molecule has 0 bridgehead atoms. The molecule has 0 aliphatic heterocycles. The van der Waals surface area contributed by atoms with E-state index >= 15 is 0 Å². The Morgan fingerprint density at radius 3 is 1.00 bits per heavy atom. The van der Waals surface area contributed by atoms with Gasteiger partial charge < -0.3 is 0 Å². The molecule has 0 unspecified atom stereocenters. The summed E-state index contributed by atoms with van der Waals surface area (Å²) in [7, 11) is 4.25. The van der Waals surface area contributed by atoms with Crippen molar-refractivity contribution in [2.75, 3.05) is 0 Å². The molecule has 61 valence electrons. The Hall–Kier alpha value is -0.420. The molecule has 0 aromatic rings. The monoisotopic (exact) mass is 165 g/mol. The summed E-state index contributed by atoms with van der Waals surface area (Å²) in [5, 5.41) is 0. The van der Waals surface area contributed by atoms with Crippen LogP contribution in [0.2, 0.25) is 0 Å². The fourth-order valence-electron chi connectivity index (χ4n) is 0. The Balaban J connectivity index is 0. The third-order valence-corrected chi connectivity index (χ3v) is 0.498. The molecule has 6 heteroatoms. The summed E-state index contributed by atoms with van der Waals surface area (Å²) >= 11 is 0. The maximum atomic E-state index is 11.1. The molecule has 0 nitrogen and oxygen atoms in total. The van der Waals surface area contributed by atoms with Crippen LogP contribution >= 0.6 is 0 Å². The minimum atomic E-state index is -5.40. The van der Waals surface area contributed by atoms with Crippen LogP contribution in [-0.4, -0.2) is 12.1 Å². The van der Waals surface area contributed by atoms with Crippen LogP contribution < -0.4 is 0 Å². The Morgan fingerprint density at radius 2 is 1.00 bits per heavy atom. The Bertz CT molecular complexity index is 64.7. The molecular formula is C4H3F6. The number of hydrogen-bond donors (Lipinski definition) is 0. The van der Waals surface area contributed by atoms with Gasteiger partial charge in [0, 0.05) is 6.92 Å². The van der Waals surface area contributed by atoms with Crippen molar-refractivity contribution in [1.29, 1.82) is 0 Å². The molecule has 0 saturated carbocycles. The normalized spacial score (nSPS) is 12.0. The molecule has 0 fully saturated rings. The topological polar surface area (TPSA) is 0 Å². The van der Waals surface area contributed by atoms with Gasteiger partial charge in [0.1, 0.15) is 0 Å². The van der Waals surface area contributed by atoms with Crippen LogP contribution in [0.25, 0.3) is 0 Å². The van der Waals surface area contributed by atoms with Gasteiger partial charge in [0.2, 0.25) is 7.18 Å². The lowest BCUT2D eigenvalue weighted by Crippen LogP contribution is -2.32. The minimum Gasteiger partial charge on any atom is -0.232 e. The zero-order valence-corrected chi connectivity index (χ0v) is 4.77. The number of alkyl halides is 5. The van der Waals surface area contributed by atoms with E-state index in [9.17, 15) is 22.0 Å². The maximum Gasteiger partial charge on any atom is 0.452 e. The van der Waals surface area contributed by atoms with Crippen molar-refractivity contribution >= 4 is 0 Å². The van der Waals surface area contributed by atoms with Crippen molar-refractivity contribution in [1.82, 2.24) is 0 Å². The Labute approximate surface area is 53.8 Å². The van der Waals surface area contributed by atoms with Crippen LogP contribution in [0.1, 0.15) is 6.92 Å². The summed E-state index contributed by atoms with van der Waals surface area (Å²) in [5.74, 6) is -4.56. The minimum absolute atomic E-state index is 0.188. The third-order valence-electron chi connectivity index (χ3n) is 0.498. The fourth-order valence-corrected chi connectivity index (χ4v) is 0. The molecule has 0 N–H and O–H groups in total. The van der Waals surface area contributed by atoms with Crippen LogP contribution in [0.15, 0.2) is 0 Å². The van der Waals surface area contributed by atoms with Crippen molar-refractivity contribution in [3.8, 4) is 0 Å². The predicted octanol–water partition coefficient (Wildman–Crippen LogP) is 2.71. The van der Waals surface area contributed by atoms with E-state index in [1.807, 2.05) is 0 Å². The molecule has 0 aliphatic carbocycles. The molecule has 0 rings (SSSR count). The molecule has 0 atom stereocenters. The molecule has 0 saturated heterocycles. The first-order valence-electron chi connectivity index (χ1n) is 1.88. The SMILES string of the molecule is CC(F)(F)C(F)(F)F.[C]F. The molecule has 0 aromatic heterocycles. The summed E-state index contributed by atoms with van der Waals surface area (Å²) in [6.45, 7) is -0.188. The molecule has 3 radical (unpaired) electrons. The van der Waals surface area contributed by atoms with E-state index in [1.165, 1.54) is 0 Å². The number of hydrogen-bond acceptors (Lipinski definition) is 0. The van der Waals surface area contributed by atoms with Gasteiger partial charge in [0.25, 0.3) is 0 Å². The van der Waals surface area contributed by atoms with E-state index in [0.29, 0.717) is 0 Å². The first kappa shape index (κ1) is 12.3. The summed E-state index contributed by atoms with van der Waals surface area (Å²) < 4.78 is 63.4. The Morgan fingerprint density at radius 1 is 0.900 bits per heavy atom. The van der Waals surface area contributed by atoms with Crippen molar-refractivity contribution in [3.63, 3.8) is 0 Å². The average Bonchev–Trinajstić information content (AvgIpc) is 1.66. The molecule has 0 aromatic carbocycles. The van der Waals surface area contributed by atoms with Gasteiger partial charge in [-0.25, -0.2) is 4.39 Å². The lowest BCUT2D eigenvalue weighted by atomic mass is 10.4. The van der Waals surface area contributed by atoms with E-state index in [0.717, 1.165) is 0 Å². The van der Waals surface area contributed by atoms with Crippen LogP contribution in [-0.2, 0) is 0 Å². The van der Waals surface area contributed by atoms with Gasteiger partial charge in [-0.15, -0.1) is 0 Å². The standard InChI is InChI=1S/C3H3F5.CF/c1-2(4,5)3(6,7)8;1-2/h1H3;. The second kappa shape index (κ2) is 3.68. The summed E-state index contributed by atoms with van der Waals surface area (Å²) in [4.78, 5) is 0. The highest BCUT2D eigenvalue weighted by Crippen LogP contribution is 2.34. The maximum absolute atomic E-state index is 11.1. The van der Waals surface area contributed by atoms with Crippen molar-refractivity contribution in [3.05, 3.63) is 7.18 Å². The van der Waals surface area contributed by atoms with Crippen molar-refractivity contribution in [2.24, 2.45) is 0 Å². The van der Waals surface area contributed by atoms with E-state index in [-0.39, 0.29) is 6.92 Å². The molecule has 10 heavy (non-hydrogen) atoms.